The molecule has 4 heterocycles. The molecular weight excluding hydrogens is 762 g/mol. The summed E-state index contributed by atoms with van der Waals surface area (Å²) in [6.07, 6.45) is 2.19. The first kappa shape index (κ1) is 38.8. The van der Waals surface area contributed by atoms with E-state index in [-0.39, 0.29) is 41.7 Å². The Morgan fingerprint density at radius 1 is 1.13 bits per heavy atom. The summed E-state index contributed by atoms with van der Waals surface area (Å²) in [6.45, 7) is 3.73. The van der Waals surface area contributed by atoms with Crippen molar-refractivity contribution < 1.29 is 45.4 Å². The SMILES string of the molecule is COc1ccc2c(O[C@H]3CCC4C(=O)N(C)CCCC/C=C\[C@@H]5C[C@@]5(C(=O)NS(=O)(=O)C5(C)CC5)NC(=O)N4C3)cc(-c3nc(C(F)(F)F)cs3)nc2c1C. The third-order valence-corrected chi connectivity index (χ3v) is 14.2. The van der Waals surface area contributed by atoms with E-state index in [1.165, 1.54) is 18.1 Å². The van der Waals surface area contributed by atoms with Gasteiger partial charge in [-0.3, -0.25) is 14.3 Å². The highest BCUT2D eigenvalue weighted by Gasteiger charge is 2.63. The van der Waals surface area contributed by atoms with E-state index in [1.54, 1.807) is 37.9 Å². The number of halogens is 3. The van der Waals surface area contributed by atoms with Crippen LogP contribution in [0.1, 0.15) is 69.5 Å². The lowest BCUT2D eigenvalue weighted by Crippen LogP contribution is -2.62. The first-order valence-corrected chi connectivity index (χ1v) is 20.6. The van der Waals surface area contributed by atoms with Gasteiger partial charge >= 0.3 is 12.2 Å². The van der Waals surface area contributed by atoms with E-state index in [0.717, 1.165) is 29.6 Å². The zero-order valence-corrected chi connectivity index (χ0v) is 32.5. The molecule has 1 saturated heterocycles. The van der Waals surface area contributed by atoms with E-state index in [2.05, 4.69) is 20.0 Å². The summed E-state index contributed by atoms with van der Waals surface area (Å²) in [5, 5.41) is 4.34. The van der Waals surface area contributed by atoms with E-state index in [0.29, 0.717) is 54.4 Å². The number of thiazole rings is 1. The fourth-order valence-electron chi connectivity index (χ4n) is 7.29. The molecule has 0 bridgehead atoms. The van der Waals surface area contributed by atoms with Crippen LogP contribution in [0.2, 0.25) is 0 Å². The highest BCUT2D eigenvalue weighted by Crippen LogP contribution is 2.48. The number of alkyl halides is 3. The van der Waals surface area contributed by atoms with Crippen molar-refractivity contribution in [3.05, 3.63) is 47.0 Å². The minimum absolute atomic E-state index is 0.0297. The average molecular weight is 805 g/mol. The summed E-state index contributed by atoms with van der Waals surface area (Å²) in [7, 11) is -0.827. The predicted octanol–water partition coefficient (Wildman–Crippen LogP) is 5.57. The number of carbonyl (C=O) groups is 3. The minimum atomic E-state index is -4.64. The summed E-state index contributed by atoms with van der Waals surface area (Å²) in [4.78, 5) is 53.4. The number of fused-ring (bicyclic) bond motifs is 3. The highest BCUT2D eigenvalue weighted by atomic mass is 32.2. The number of nitrogens with one attached hydrogen (secondary N) is 2. The van der Waals surface area contributed by atoms with Crippen LogP contribution in [-0.4, -0.2) is 95.7 Å². The Kier molecular flexibility index (Phi) is 10.1. The Balaban J connectivity index is 1.21. The maximum atomic E-state index is 14.4. The zero-order valence-electron chi connectivity index (χ0n) is 30.9. The van der Waals surface area contributed by atoms with Gasteiger partial charge in [0.25, 0.3) is 5.91 Å². The number of likely N-dealkylation sites (N-methyl/N-ethyl adjacent to an activating group) is 1. The van der Waals surface area contributed by atoms with Gasteiger partial charge in [-0.25, -0.2) is 23.2 Å². The van der Waals surface area contributed by atoms with E-state index >= 15 is 0 Å². The summed E-state index contributed by atoms with van der Waals surface area (Å²) >= 11 is 0.793. The van der Waals surface area contributed by atoms with Gasteiger partial charge in [-0.2, -0.15) is 13.2 Å². The highest BCUT2D eigenvalue weighted by molar-refractivity contribution is 7.91. The fourth-order valence-corrected chi connectivity index (χ4v) is 9.38. The molecule has 7 rings (SSSR count). The van der Waals surface area contributed by atoms with E-state index in [4.69, 9.17) is 9.47 Å². The molecule has 1 aromatic carbocycles. The largest absolute Gasteiger partial charge is 0.496 e. The number of sulfonamides is 1. The molecule has 2 aliphatic carbocycles. The van der Waals surface area contributed by atoms with Crippen molar-refractivity contribution in [2.24, 2.45) is 5.92 Å². The molecule has 3 aromatic rings. The molecule has 2 aliphatic heterocycles. The third-order valence-electron chi connectivity index (χ3n) is 11.2. The molecule has 2 N–H and O–H groups in total. The van der Waals surface area contributed by atoms with Crippen LogP contribution in [0.15, 0.2) is 35.7 Å². The van der Waals surface area contributed by atoms with Crippen LogP contribution < -0.4 is 19.5 Å². The lowest BCUT2D eigenvalue weighted by Gasteiger charge is -2.40. The van der Waals surface area contributed by atoms with Crippen LogP contribution in [0, 0.1) is 12.8 Å². The van der Waals surface area contributed by atoms with E-state index in [1.807, 2.05) is 12.2 Å². The number of nitrogens with zero attached hydrogens (tertiary/aromatic N) is 4. The van der Waals surface area contributed by atoms with Crippen LogP contribution in [-0.2, 0) is 25.8 Å². The van der Waals surface area contributed by atoms with Gasteiger partial charge in [0.15, 0.2) is 5.69 Å². The van der Waals surface area contributed by atoms with Crippen LogP contribution in [0.5, 0.6) is 11.5 Å². The van der Waals surface area contributed by atoms with Gasteiger partial charge in [-0.05, 0) is 77.3 Å². The number of pyridine rings is 1. The number of methoxy groups -OCH3 is 1. The number of ether oxygens (including phenoxy) is 2. The van der Waals surface area contributed by atoms with Crippen molar-refractivity contribution >= 4 is 50.1 Å². The van der Waals surface area contributed by atoms with Gasteiger partial charge in [0.1, 0.15) is 39.9 Å². The van der Waals surface area contributed by atoms with Crippen LogP contribution >= 0.6 is 11.3 Å². The average Bonchev–Trinajstić information content (AvgIpc) is 3.99. The van der Waals surface area contributed by atoms with Crippen molar-refractivity contribution in [1.29, 1.82) is 0 Å². The number of carbonyl (C=O) groups excluding carboxylic acids is 3. The number of allylic oxidation sites excluding steroid dienone is 1. The van der Waals surface area contributed by atoms with Gasteiger partial charge in [-0.1, -0.05) is 12.2 Å². The second-order valence-corrected chi connectivity index (χ2v) is 18.2. The molecule has 0 radical (unpaired) electrons. The molecule has 13 nitrogen and oxygen atoms in total. The number of hydrogen-bond acceptors (Lipinski definition) is 10. The Morgan fingerprint density at radius 3 is 2.58 bits per heavy atom. The molecular formula is C37H43F3N6O7S2. The van der Waals surface area contributed by atoms with Gasteiger partial charge in [0.05, 0.1) is 23.9 Å². The first-order chi connectivity index (χ1) is 26.0. The molecule has 2 saturated carbocycles. The van der Waals surface area contributed by atoms with Crippen molar-refractivity contribution in [1.82, 2.24) is 29.8 Å². The molecule has 1 unspecified atom stereocenters. The summed E-state index contributed by atoms with van der Waals surface area (Å²) in [5.74, 6) is -0.765. The quantitative estimate of drug-likeness (QED) is 0.291. The molecule has 296 valence electrons. The maximum Gasteiger partial charge on any atom is 0.434 e. The summed E-state index contributed by atoms with van der Waals surface area (Å²) in [6, 6.07) is 3.35. The fraction of sp³-hybridized carbons (Fsp3) is 0.541. The molecule has 18 heteroatoms. The maximum absolute atomic E-state index is 14.4. The Bertz CT molecular complexity index is 2170. The van der Waals surface area contributed by atoms with Gasteiger partial charge in [0, 0.05) is 41.9 Å². The number of benzene rings is 1. The first-order valence-electron chi connectivity index (χ1n) is 18.2. The standard InChI is InChI=1S/C37H43F3N6O7S2/c1-21-27(52-4)13-11-24-28(17-25(41-30(21)24)31-42-29(20-54-31)37(38,39)40)53-23-10-12-26-32(47)45(3)16-8-6-5-7-9-22-18-36(22,43-34(49)46(26)19-23)33(48)44-55(50,51)35(2)14-15-35/h7,9,11,13,17,20,22-23,26H,5-6,8,10,12,14-16,18-19H2,1-4H3,(H,43,49)(H,44,48)/b9-7-/t22-,23+,26?,36-/m1/s1. The number of amides is 4. The molecule has 4 atom stereocenters. The van der Waals surface area contributed by atoms with E-state index in [9.17, 15) is 36.0 Å². The van der Waals surface area contributed by atoms with Crippen molar-refractivity contribution in [3.8, 4) is 22.2 Å². The Hall–Kier alpha value is -4.45. The number of aromatic nitrogens is 2. The second kappa shape index (κ2) is 14.2. The number of hydrogen-bond donors (Lipinski definition) is 2. The monoisotopic (exact) mass is 804 g/mol. The van der Waals surface area contributed by atoms with Crippen LogP contribution in [0.25, 0.3) is 21.6 Å². The van der Waals surface area contributed by atoms with Crippen molar-refractivity contribution in [2.45, 2.75) is 93.8 Å². The second-order valence-electron chi connectivity index (χ2n) is 15.1. The van der Waals surface area contributed by atoms with E-state index < -0.39 is 62.2 Å². The third kappa shape index (κ3) is 7.46. The molecule has 4 aliphatic rings. The normalized spacial score (nSPS) is 26.3. The molecule has 55 heavy (non-hydrogen) atoms. The van der Waals surface area contributed by atoms with Gasteiger partial charge in [-0.15, -0.1) is 11.3 Å². The number of piperidine rings is 1. The smallest absolute Gasteiger partial charge is 0.434 e. The molecule has 2 aromatic heterocycles. The number of aryl methyl sites for hydroxylation is 1. The van der Waals surface area contributed by atoms with Crippen molar-refractivity contribution in [3.63, 3.8) is 0 Å². The van der Waals surface area contributed by atoms with Crippen molar-refractivity contribution in [2.75, 3.05) is 27.2 Å². The van der Waals surface area contributed by atoms with Gasteiger partial charge in [0.2, 0.25) is 15.9 Å². The zero-order chi connectivity index (χ0) is 39.5. The lowest BCUT2D eigenvalue weighted by atomic mass is 9.98. The van der Waals surface area contributed by atoms with Crippen LogP contribution in [0.3, 0.4) is 0 Å². The van der Waals surface area contributed by atoms with Gasteiger partial charge < -0.3 is 24.6 Å². The number of urea groups is 1. The van der Waals surface area contributed by atoms with Crippen LogP contribution in [0.4, 0.5) is 18.0 Å². The Labute approximate surface area is 320 Å². The predicted molar refractivity (Wildman–Crippen MR) is 198 cm³/mol. The topological polar surface area (TPSA) is 160 Å². The minimum Gasteiger partial charge on any atom is -0.496 e. The molecule has 0 spiro atoms. The lowest BCUT2D eigenvalue weighted by molar-refractivity contribution is -0.140. The molecule has 4 amide bonds. The summed E-state index contributed by atoms with van der Waals surface area (Å²) in [5.41, 5.74) is -1.39. The Morgan fingerprint density at radius 2 is 1.89 bits per heavy atom. The number of rotatable bonds is 7. The molecule has 3 fully saturated rings. The summed E-state index contributed by atoms with van der Waals surface area (Å²) < 4.78 is 80.0.